The van der Waals surface area contributed by atoms with E-state index in [1.165, 1.54) is 0 Å². The summed E-state index contributed by atoms with van der Waals surface area (Å²) in [5.74, 6) is 5.14. The minimum absolute atomic E-state index is 0.281. The molecule has 0 atom stereocenters. The maximum absolute atomic E-state index is 12.4. The van der Waals surface area contributed by atoms with E-state index in [9.17, 15) is 4.79 Å². The van der Waals surface area contributed by atoms with Crippen molar-refractivity contribution in [2.45, 2.75) is 6.92 Å². The third kappa shape index (κ3) is 3.40. The lowest BCUT2D eigenvalue weighted by atomic mass is 10.1. The van der Waals surface area contributed by atoms with E-state index in [0.717, 1.165) is 5.56 Å². The Hall–Kier alpha value is -2.36. The van der Waals surface area contributed by atoms with Gasteiger partial charge in [-0.1, -0.05) is 11.6 Å². The number of hydrogen-bond donors (Lipinski definition) is 3. The summed E-state index contributed by atoms with van der Waals surface area (Å²) >= 11 is 3.33. The smallest absolute Gasteiger partial charge is 0.257 e. The van der Waals surface area contributed by atoms with Crippen LogP contribution in [0.3, 0.4) is 0 Å². The first kappa shape index (κ1) is 15.0. The highest BCUT2D eigenvalue weighted by Crippen LogP contribution is 2.25. The number of anilines is 2. The number of carbonyl (C=O) groups excluding carboxylic acids is 1. The Balaban J connectivity index is 2.30. The van der Waals surface area contributed by atoms with E-state index in [2.05, 4.69) is 26.7 Å². The van der Waals surface area contributed by atoms with Crippen LogP contribution in [0.1, 0.15) is 21.5 Å². The van der Waals surface area contributed by atoms with Crippen molar-refractivity contribution in [3.63, 3.8) is 0 Å². The molecule has 2 rings (SSSR count). The van der Waals surface area contributed by atoms with Gasteiger partial charge in [0, 0.05) is 4.47 Å². The standard InChI is InChI=1S/C15H13BrN4O/c1-9-2-4-13(20-18)11(6-9)15(21)19-14-5-3-10(8-17)7-12(14)16/h2-7,20H,18H2,1H3,(H,19,21). The molecule has 0 fully saturated rings. The van der Waals surface area contributed by atoms with Gasteiger partial charge in [0.15, 0.2) is 0 Å². The number of nitrogens with zero attached hydrogens (tertiary/aromatic N) is 1. The number of nitrogens with one attached hydrogen (secondary N) is 2. The molecule has 5 nitrogen and oxygen atoms in total. The van der Waals surface area contributed by atoms with Gasteiger partial charge in [-0.3, -0.25) is 10.6 Å². The fourth-order valence-corrected chi connectivity index (χ4v) is 2.33. The number of hydrogen-bond acceptors (Lipinski definition) is 4. The average molecular weight is 345 g/mol. The minimum atomic E-state index is -0.281. The molecule has 0 saturated carbocycles. The highest BCUT2D eigenvalue weighted by molar-refractivity contribution is 9.10. The second-order valence-corrected chi connectivity index (χ2v) is 5.31. The molecule has 0 heterocycles. The molecule has 0 unspecified atom stereocenters. The Labute approximate surface area is 130 Å². The first-order valence-corrected chi connectivity index (χ1v) is 6.92. The van der Waals surface area contributed by atoms with Crippen LogP contribution in [0.2, 0.25) is 0 Å². The summed E-state index contributed by atoms with van der Waals surface area (Å²) in [7, 11) is 0. The Bertz CT molecular complexity index is 737. The fraction of sp³-hybridized carbons (Fsp3) is 0.0667. The van der Waals surface area contributed by atoms with E-state index >= 15 is 0 Å². The molecule has 0 aliphatic heterocycles. The number of nitrogens with two attached hydrogens (primary N) is 1. The molecule has 21 heavy (non-hydrogen) atoms. The zero-order chi connectivity index (χ0) is 15.4. The van der Waals surface area contributed by atoms with Crippen molar-refractivity contribution in [3.05, 3.63) is 57.6 Å². The second kappa shape index (κ2) is 6.39. The topological polar surface area (TPSA) is 90.9 Å². The monoisotopic (exact) mass is 344 g/mol. The van der Waals surface area contributed by atoms with Crippen molar-refractivity contribution in [2.75, 3.05) is 10.7 Å². The Morgan fingerprint density at radius 1 is 1.24 bits per heavy atom. The maximum atomic E-state index is 12.4. The molecular formula is C15H13BrN4O. The second-order valence-electron chi connectivity index (χ2n) is 4.45. The third-order valence-electron chi connectivity index (χ3n) is 2.92. The van der Waals surface area contributed by atoms with Gasteiger partial charge in [-0.25, -0.2) is 0 Å². The van der Waals surface area contributed by atoms with Gasteiger partial charge in [0.25, 0.3) is 5.91 Å². The predicted molar refractivity (Wildman–Crippen MR) is 85.8 cm³/mol. The van der Waals surface area contributed by atoms with E-state index < -0.39 is 0 Å². The normalized spacial score (nSPS) is 9.81. The van der Waals surface area contributed by atoms with Crippen LogP contribution >= 0.6 is 15.9 Å². The van der Waals surface area contributed by atoms with Crippen LogP contribution in [-0.2, 0) is 0 Å². The number of rotatable bonds is 3. The summed E-state index contributed by atoms with van der Waals surface area (Å²) in [6, 6.07) is 12.4. The van der Waals surface area contributed by atoms with Gasteiger partial charge in [-0.05, 0) is 53.2 Å². The lowest BCUT2D eigenvalue weighted by molar-refractivity contribution is 0.102. The summed E-state index contributed by atoms with van der Waals surface area (Å²) in [6.45, 7) is 1.90. The van der Waals surface area contributed by atoms with Gasteiger partial charge in [-0.15, -0.1) is 0 Å². The molecule has 0 aliphatic rings. The van der Waals surface area contributed by atoms with E-state index in [1.807, 2.05) is 19.1 Å². The van der Waals surface area contributed by atoms with Crippen molar-refractivity contribution in [1.82, 2.24) is 0 Å². The Kier molecular flexibility index (Phi) is 4.58. The molecule has 0 spiro atoms. The van der Waals surface area contributed by atoms with Gasteiger partial charge in [-0.2, -0.15) is 5.26 Å². The zero-order valence-electron chi connectivity index (χ0n) is 11.3. The van der Waals surface area contributed by atoms with Crippen LogP contribution in [0, 0.1) is 18.3 Å². The highest BCUT2D eigenvalue weighted by atomic mass is 79.9. The average Bonchev–Trinajstić information content (AvgIpc) is 2.49. The molecule has 4 N–H and O–H groups in total. The molecular weight excluding hydrogens is 332 g/mol. The van der Waals surface area contributed by atoms with Gasteiger partial charge >= 0.3 is 0 Å². The molecule has 106 valence electrons. The van der Waals surface area contributed by atoms with E-state index in [4.69, 9.17) is 11.1 Å². The van der Waals surface area contributed by atoms with Gasteiger partial charge in [0.1, 0.15) is 0 Å². The number of hydrazine groups is 1. The maximum Gasteiger partial charge on any atom is 0.257 e. The number of nitrogen functional groups attached to an aromatic ring is 1. The van der Waals surface area contributed by atoms with E-state index in [0.29, 0.717) is 27.0 Å². The van der Waals surface area contributed by atoms with Crippen LogP contribution in [0.5, 0.6) is 0 Å². The van der Waals surface area contributed by atoms with Gasteiger partial charge < -0.3 is 10.7 Å². The van der Waals surface area contributed by atoms with Gasteiger partial charge in [0.2, 0.25) is 0 Å². The first-order valence-electron chi connectivity index (χ1n) is 6.13. The number of carbonyl (C=O) groups is 1. The number of halogens is 1. The first-order chi connectivity index (χ1) is 10.0. The van der Waals surface area contributed by atoms with Crippen LogP contribution < -0.4 is 16.6 Å². The van der Waals surface area contributed by atoms with Crippen molar-refractivity contribution in [1.29, 1.82) is 5.26 Å². The lowest BCUT2D eigenvalue weighted by Gasteiger charge is -2.11. The number of amides is 1. The van der Waals surface area contributed by atoms with Crippen molar-refractivity contribution in [2.24, 2.45) is 5.84 Å². The Morgan fingerprint density at radius 3 is 2.57 bits per heavy atom. The number of nitriles is 1. The number of benzene rings is 2. The fourth-order valence-electron chi connectivity index (χ4n) is 1.85. The van der Waals surface area contributed by atoms with E-state index in [-0.39, 0.29) is 5.91 Å². The van der Waals surface area contributed by atoms with Crippen molar-refractivity contribution >= 4 is 33.2 Å². The summed E-state index contributed by atoms with van der Waals surface area (Å²) < 4.78 is 0.643. The van der Waals surface area contributed by atoms with Crippen LogP contribution in [-0.4, -0.2) is 5.91 Å². The van der Waals surface area contributed by atoms with Gasteiger partial charge in [0.05, 0.1) is 28.6 Å². The molecule has 0 bridgehead atoms. The molecule has 2 aromatic carbocycles. The predicted octanol–water partition coefficient (Wildman–Crippen LogP) is 3.17. The largest absolute Gasteiger partial charge is 0.323 e. The lowest BCUT2D eigenvalue weighted by Crippen LogP contribution is -2.17. The molecule has 6 heteroatoms. The zero-order valence-corrected chi connectivity index (χ0v) is 12.9. The SMILES string of the molecule is Cc1ccc(NN)c(C(=O)Nc2ccc(C#N)cc2Br)c1. The van der Waals surface area contributed by atoms with Crippen LogP contribution in [0.15, 0.2) is 40.9 Å². The molecule has 0 aliphatic carbocycles. The molecule has 0 saturated heterocycles. The summed E-state index contributed by atoms with van der Waals surface area (Å²) in [5, 5.41) is 11.6. The Morgan fingerprint density at radius 2 is 1.95 bits per heavy atom. The minimum Gasteiger partial charge on any atom is -0.323 e. The third-order valence-corrected chi connectivity index (χ3v) is 3.58. The van der Waals surface area contributed by atoms with Crippen molar-refractivity contribution < 1.29 is 4.79 Å². The van der Waals surface area contributed by atoms with Crippen LogP contribution in [0.4, 0.5) is 11.4 Å². The highest BCUT2D eigenvalue weighted by Gasteiger charge is 2.13. The summed E-state index contributed by atoms with van der Waals surface area (Å²) in [4.78, 5) is 12.4. The molecule has 1 amide bonds. The quantitative estimate of drug-likeness (QED) is 0.589. The van der Waals surface area contributed by atoms with Crippen molar-refractivity contribution in [3.8, 4) is 6.07 Å². The van der Waals surface area contributed by atoms with E-state index in [1.54, 1.807) is 30.3 Å². The molecule has 0 radical (unpaired) electrons. The van der Waals surface area contributed by atoms with Crippen LogP contribution in [0.25, 0.3) is 0 Å². The number of aryl methyl sites for hydroxylation is 1. The molecule has 2 aromatic rings. The summed E-state index contributed by atoms with van der Waals surface area (Å²) in [5.41, 5.74) is 5.56. The molecule has 0 aromatic heterocycles. The summed E-state index contributed by atoms with van der Waals surface area (Å²) in [6.07, 6.45) is 0.